The molecule has 2 aromatic rings. The molecule has 0 saturated heterocycles. The highest BCUT2D eigenvalue weighted by Gasteiger charge is 2.02. The second-order valence-corrected chi connectivity index (χ2v) is 5.12. The molecular formula is C17H20N4S. The summed E-state index contributed by atoms with van der Waals surface area (Å²) in [5.74, 6) is 0. The van der Waals surface area contributed by atoms with Crippen molar-refractivity contribution in [3.05, 3.63) is 60.2 Å². The number of hydrogen-bond acceptors (Lipinski definition) is 3. The van der Waals surface area contributed by atoms with E-state index >= 15 is 0 Å². The van der Waals surface area contributed by atoms with Crippen molar-refractivity contribution in [2.24, 2.45) is 5.10 Å². The number of thiocarbonyl (C=S) groups is 1. The number of rotatable bonds is 5. The van der Waals surface area contributed by atoms with Crippen LogP contribution >= 0.6 is 12.2 Å². The molecule has 0 bridgehead atoms. The van der Waals surface area contributed by atoms with Gasteiger partial charge >= 0.3 is 0 Å². The Kier molecular flexibility index (Phi) is 5.91. The average molecular weight is 312 g/mol. The van der Waals surface area contributed by atoms with Gasteiger partial charge in [0.05, 0.1) is 6.21 Å². The van der Waals surface area contributed by atoms with Crippen LogP contribution in [0, 0.1) is 0 Å². The highest BCUT2D eigenvalue weighted by atomic mass is 32.1. The molecule has 0 saturated carbocycles. The van der Waals surface area contributed by atoms with E-state index < -0.39 is 0 Å². The fraction of sp³-hybridized carbons (Fsp3) is 0.176. The van der Waals surface area contributed by atoms with Crippen LogP contribution in [0.3, 0.4) is 0 Å². The first kappa shape index (κ1) is 16.0. The maximum atomic E-state index is 5.04. The van der Waals surface area contributed by atoms with Crippen LogP contribution in [-0.2, 0) is 0 Å². The van der Waals surface area contributed by atoms with Gasteiger partial charge in [0.15, 0.2) is 5.11 Å². The van der Waals surface area contributed by atoms with Crippen molar-refractivity contribution in [3.8, 4) is 0 Å². The maximum absolute atomic E-state index is 5.04. The fourth-order valence-electron chi connectivity index (χ4n) is 1.95. The lowest BCUT2D eigenvalue weighted by molar-refractivity contribution is 0.904. The lowest BCUT2D eigenvalue weighted by Crippen LogP contribution is -2.31. The van der Waals surface area contributed by atoms with Crippen molar-refractivity contribution in [3.63, 3.8) is 0 Å². The summed E-state index contributed by atoms with van der Waals surface area (Å²) in [5.41, 5.74) is 6.06. The van der Waals surface area contributed by atoms with E-state index in [2.05, 4.69) is 52.1 Å². The van der Waals surface area contributed by atoms with Gasteiger partial charge in [0, 0.05) is 25.0 Å². The summed E-state index contributed by atoms with van der Waals surface area (Å²) in [6, 6.07) is 18.4. The normalized spacial score (nSPS) is 10.5. The van der Waals surface area contributed by atoms with Gasteiger partial charge in [0.1, 0.15) is 0 Å². The Morgan fingerprint density at radius 3 is 2.36 bits per heavy atom. The maximum Gasteiger partial charge on any atom is 0.186 e. The summed E-state index contributed by atoms with van der Waals surface area (Å²) < 4.78 is 0. The molecule has 0 fully saturated rings. The summed E-state index contributed by atoms with van der Waals surface area (Å²) in [5, 5.41) is 7.60. The van der Waals surface area contributed by atoms with E-state index in [9.17, 15) is 0 Å². The van der Waals surface area contributed by atoms with Crippen molar-refractivity contribution in [2.45, 2.75) is 6.92 Å². The molecule has 2 rings (SSSR count). The van der Waals surface area contributed by atoms with Gasteiger partial charge in [-0.1, -0.05) is 30.3 Å². The van der Waals surface area contributed by atoms with Crippen LogP contribution in [0.4, 0.5) is 11.4 Å². The third-order valence-corrected chi connectivity index (χ3v) is 3.38. The first-order chi connectivity index (χ1) is 10.7. The van der Waals surface area contributed by atoms with Crippen molar-refractivity contribution in [1.29, 1.82) is 0 Å². The lowest BCUT2D eigenvalue weighted by Gasteiger charge is -2.19. The van der Waals surface area contributed by atoms with Gasteiger partial charge in [-0.15, -0.1) is 0 Å². The minimum absolute atomic E-state index is 0.527. The van der Waals surface area contributed by atoms with Gasteiger partial charge in [-0.05, 0) is 49.0 Å². The Morgan fingerprint density at radius 2 is 1.73 bits per heavy atom. The molecule has 0 unspecified atom stereocenters. The number of para-hydroxylation sites is 1. The summed E-state index contributed by atoms with van der Waals surface area (Å²) >= 11 is 5.04. The quantitative estimate of drug-likeness (QED) is 0.505. The van der Waals surface area contributed by atoms with Crippen LogP contribution in [0.15, 0.2) is 59.7 Å². The van der Waals surface area contributed by atoms with E-state index in [-0.39, 0.29) is 0 Å². The minimum Gasteiger partial charge on any atom is -0.362 e. The molecule has 0 radical (unpaired) electrons. The second-order valence-electron chi connectivity index (χ2n) is 4.72. The van der Waals surface area contributed by atoms with Gasteiger partial charge in [0.2, 0.25) is 0 Å². The zero-order valence-electron chi connectivity index (χ0n) is 12.8. The van der Waals surface area contributed by atoms with Crippen LogP contribution in [0.2, 0.25) is 0 Å². The first-order valence-electron chi connectivity index (χ1n) is 7.16. The van der Waals surface area contributed by atoms with E-state index in [1.54, 1.807) is 6.21 Å². The highest BCUT2D eigenvalue weighted by molar-refractivity contribution is 7.80. The molecule has 5 heteroatoms. The molecule has 0 aliphatic rings. The molecule has 114 valence electrons. The number of benzene rings is 2. The van der Waals surface area contributed by atoms with E-state index in [1.165, 1.54) is 0 Å². The Morgan fingerprint density at radius 1 is 1.09 bits per heavy atom. The van der Waals surface area contributed by atoms with Crippen LogP contribution < -0.4 is 15.6 Å². The van der Waals surface area contributed by atoms with Gasteiger partial charge in [0.25, 0.3) is 0 Å². The van der Waals surface area contributed by atoms with Crippen molar-refractivity contribution in [2.75, 3.05) is 18.5 Å². The molecule has 0 aliphatic carbocycles. The predicted octanol–water partition coefficient (Wildman–Crippen LogP) is 3.27. The van der Waals surface area contributed by atoms with Crippen LogP contribution in [0.1, 0.15) is 12.5 Å². The smallest absolute Gasteiger partial charge is 0.186 e. The molecule has 2 N–H and O–H groups in total. The van der Waals surface area contributed by atoms with Crippen molar-refractivity contribution in [1.82, 2.24) is 10.7 Å². The van der Waals surface area contributed by atoms with Crippen molar-refractivity contribution < 1.29 is 0 Å². The number of nitrogens with one attached hydrogen (secondary N) is 2. The zero-order chi connectivity index (χ0) is 15.8. The van der Waals surface area contributed by atoms with Gasteiger partial charge in [-0.3, -0.25) is 5.43 Å². The molecule has 0 aromatic heterocycles. The Labute approximate surface area is 136 Å². The van der Waals surface area contributed by atoms with Crippen molar-refractivity contribution >= 4 is 34.9 Å². The molecule has 4 nitrogen and oxygen atoms in total. The molecule has 0 amide bonds. The molecule has 0 atom stereocenters. The second kappa shape index (κ2) is 8.14. The Hall–Kier alpha value is -2.40. The SMILES string of the molecule is CCNC(=S)N/N=C/c1ccc(N(C)c2ccccc2)cc1. The van der Waals surface area contributed by atoms with E-state index in [1.807, 2.05) is 37.3 Å². The first-order valence-corrected chi connectivity index (χ1v) is 7.57. The lowest BCUT2D eigenvalue weighted by atomic mass is 10.2. The number of anilines is 2. The topological polar surface area (TPSA) is 39.7 Å². The van der Waals surface area contributed by atoms with Crippen LogP contribution in [-0.4, -0.2) is 24.9 Å². The molecular weight excluding hydrogens is 292 g/mol. The Balaban J connectivity index is 1.98. The molecule has 0 heterocycles. The third-order valence-electron chi connectivity index (χ3n) is 3.14. The van der Waals surface area contributed by atoms with E-state index in [0.717, 1.165) is 23.5 Å². The summed E-state index contributed by atoms with van der Waals surface area (Å²) in [4.78, 5) is 2.14. The highest BCUT2D eigenvalue weighted by Crippen LogP contribution is 2.22. The van der Waals surface area contributed by atoms with Crippen LogP contribution in [0.5, 0.6) is 0 Å². The standard InChI is InChI=1S/C17H20N4S/c1-3-18-17(22)20-19-13-14-9-11-16(12-10-14)21(2)15-7-5-4-6-8-15/h4-13H,3H2,1-2H3,(H2,18,20,22)/b19-13+. The third kappa shape index (κ3) is 4.56. The monoisotopic (exact) mass is 312 g/mol. The van der Waals surface area contributed by atoms with Gasteiger partial charge < -0.3 is 10.2 Å². The Bertz CT molecular complexity index is 623. The molecule has 22 heavy (non-hydrogen) atoms. The predicted molar refractivity (Wildman–Crippen MR) is 98.0 cm³/mol. The number of hydrogen-bond donors (Lipinski definition) is 2. The summed E-state index contributed by atoms with van der Waals surface area (Å²) in [7, 11) is 2.05. The average Bonchev–Trinajstić information content (AvgIpc) is 2.56. The molecule has 2 aromatic carbocycles. The molecule has 0 aliphatic heterocycles. The number of hydrazone groups is 1. The molecule has 0 spiro atoms. The zero-order valence-corrected chi connectivity index (χ0v) is 13.6. The van der Waals surface area contributed by atoms with Gasteiger partial charge in [-0.2, -0.15) is 5.10 Å². The fourth-order valence-corrected chi connectivity index (χ4v) is 2.15. The minimum atomic E-state index is 0.527. The van der Waals surface area contributed by atoms with E-state index in [4.69, 9.17) is 12.2 Å². The van der Waals surface area contributed by atoms with E-state index in [0.29, 0.717) is 5.11 Å². The van der Waals surface area contributed by atoms with Gasteiger partial charge in [-0.25, -0.2) is 0 Å². The summed E-state index contributed by atoms with van der Waals surface area (Å²) in [6.45, 7) is 2.77. The largest absolute Gasteiger partial charge is 0.362 e. The number of nitrogens with zero attached hydrogens (tertiary/aromatic N) is 2. The summed E-state index contributed by atoms with van der Waals surface area (Å²) in [6.07, 6.45) is 1.75. The van der Waals surface area contributed by atoms with Crippen LogP contribution in [0.25, 0.3) is 0 Å².